The predicted molar refractivity (Wildman–Crippen MR) is 87.8 cm³/mol. The van der Waals surface area contributed by atoms with Crippen molar-refractivity contribution in [2.24, 2.45) is 0 Å². The number of fused-ring (bicyclic) bond motifs is 1. The van der Waals surface area contributed by atoms with Gasteiger partial charge in [-0.1, -0.05) is 19.1 Å². The fraction of sp³-hybridized carbons (Fsp3) is 0.176. The largest absolute Gasteiger partial charge is 0.399 e. The van der Waals surface area contributed by atoms with E-state index in [0.29, 0.717) is 5.69 Å². The quantitative estimate of drug-likeness (QED) is 0.744. The lowest BCUT2D eigenvalue weighted by Gasteiger charge is -2.20. The van der Waals surface area contributed by atoms with E-state index in [1.54, 1.807) is 6.33 Å². The molecule has 2 aromatic carbocycles. The molecule has 4 heteroatoms. The van der Waals surface area contributed by atoms with Gasteiger partial charge in [0, 0.05) is 23.8 Å². The first kappa shape index (κ1) is 13.4. The number of anilines is 3. The molecule has 0 aliphatic heterocycles. The summed E-state index contributed by atoms with van der Waals surface area (Å²) in [5.74, 6) is 0.879. The zero-order valence-corrected chi connectivity index (χ0v) is 12.2. The summed E-state index contributed by atoms with van der Waals surface area (Å²) in [7, 11) is 2.01. The van der Waals surface area contributed by atoms with Gasteiger partial charge in [-0.2, -0.15) is 0 Å². The average Bonchev–Trinajstić information content (AvgIpc) is 2.53. The minimum absolute atomic E-state index is 0.710. The number of nitrogens with two attached hydrogens (primary N) is 1. The third-order valence-corrected chi connectivity index (χ3v) is 3.69. The van der Waals surface area contributed by atoms with Crippen LogP contribution in [0.15, 0.2) is 48.8 Å². The Kier molecular flexibility index (Phi) is 3.44. The van der Waals surface area contributed by atoms with Crippen LogP contribution in [0.25, 0.3) is 10.9 Å². The Morgan fingerprint density at radius 2 is 1.81 bits per heavy atom. The Morgan fingerprint density at radius 3 is 2.52 bits per heavy atom. The minimum atomic E-state index is 0.710. The van der Waals surface area contributed by atoms with Crippen LogP contribution in [0.1, 0.15) is 12.5 Å². The standard InChI is InChI=1S/C17H18N4/c1-3-12-4-7-14(8-5-12)21(2)17-15-9-6-13(18)10-16(15)19-11-20-17/h4-11H,3,18H2,1-2H3. The fourth-order valence-electron chi connectivity index (χ4n) is 2.40. The fourth-order valence-corrected chi connectivity index (χ4v) is 2.40. The normalized spacial score (nSPS) is 10.8. The van der Waals surface area contributed by atoms with Crippen molar-refractivity contribution in [3.05, 3.63) is 54.4 Å². The lowest BCUT2D eigenvalue weighted by atomic mass is 10.1. The van der Waals surface area contributed by atoms with Crippen LogP contribution >= 0.6 is 0 Å². The number of aryl methyl sites for hydroxylation is 1. The molecule has 0 amide bonds. The molecule has 0 fully saturated rings. The highest BCUT2D eigenvalue weighted by molar-refractivity contribution is 5.92. The molecule has 21 heavy (non-hydrogen) atoms. The topological polar surface area (TPSA) is 55.0 Å². The molecule has 0 bridgehead atoms. The zero-order chi connectivity index (χ0) is 14.8. The molecular weight excluding hydrogens is 260 g/mol. The number of nitrogens with zero attached hydrogens (tertiary/aromatic N) is 3. The van der Waals surface area contributed by atoms with Gasteiger partial charge in [-0.15, -0.1) is 0 Å². The highest BCUT2D eigenvalue weighted by Gasteiger charge is 2.10. The molecule has 0 radical (unpaired) electrons. The maximum absolute atomic E-state index is 5.82. The number of hydrogen-bond acceptors (Lipinski definition) is 4. The van der Waals surface area contributed by atoms with Crippen LogP contribution in [-0.2, 0) is 6.42 Å². The molecule has 0 unspecified atom stereocenters. The summed E-state index contributed by atoms with van der Waals surface area (Å²) in [6.45, 7) is 2.15. The number of rotatable bonds is 3. The first-order chi connectivity index (χ1) is 10.2. The van der Waals surface area contributed by atoms with Gasteiger partial charge in [-0.05, 0) is 42.3 Å². The molecule has 0 atom stereocenters. The smallest absolute Gasteiger partial charge is 0.144 e. The molecule has 0 saturated heterocycles. The van der Waals surface area contributed by atoms with Crippen molar-refractivity contribution < 1.29 is 0 Å². The molecule has 1 aromatic heterocycles. The zero-order valence-electron chi connectivity index (χ0n) is 12.2. The number of nitrogen functional groups attached to an aromatic ring is 1. The summed E-state index contributed by atoms with van der Waals surface area (Å²) in [4.78, 5) is 10.8. The third-order valence-electron chi connectivity index (χ3n) is 3.69. The van der Waals surface area contributed by atoms with Gasteiger partial charge in [-0.25, -0.2) is 9.97 Å². The van der Waals surface area contributed by atoms with E-state index in [-0.39, 0.29) is 0 Å². The highest BCUT2D eigenvalue weighted by Crippen LogP contribution is 2.29. The molecule has 0 saturated carbocycles. The molecular formula is C17H18N4. The van der Waals surface area contributed by atoms with Crippen molar-refractivity contribution >= 4 is 28.1 Å². The van der Waals surface area contributed by atoms with Crippen molar-refractivity contribution in [2.75, 3.05) is 17.7 Å². The molecule has 3 rings (SSSR count). The molecule has 0 spiro atoms. The van der Waals surface area contributed by atoms with Crippen LogP contribution in [0.4, 0.5) is 17.2 Å². The van der Waals surface area contributed by atoms with Crippen LogP contribution in [-0.4, -0.2) is 17.0 Å². The van der Waals surface area contributed by atoms with Gasteiger partial charge in [-0.3, -0.25) is 0 Å². The molecule has 4 nitrogen and oxygen atoms in total. The Morgan fingerprint density at radius 1 is 1.05 bits per heavy atom. The number of hydrogen-bond donors (Lipinski definition) is 1. The third kappa shape index (κ3) is 2.52. The Labute approximate surface area is 124 Å². The van der Waals surface area contributed by atoms with E-state index in [1.807, 2.05) is 25.2 Å². The van der Waals surface area contributed by atoms with E-state index in [0.717, 1.165) is 28.8 Å². The Balaban J connectivity index is 2.06. The van der Waals surface area contributed by atoms with E-state index < -0.39 is 0 Å². The van der Waals surface area contributed by atoms with Crippen molar-refractivity contribution in [1.29, 1.82) is 0 Å². The SMILES string of the molecule is CCc1ccc(N(C)c2ncnc3cc(N)ccc23)cc1. The molecule has 2 N–H and O–H groups in total. The lowest BCUT2D eigenvalue weighted by molar-refractivity contribution is 1.10. The van der Waals surface area contributed by atoms with Crippen molar-refractivity contribution in [2.45, 2.75) is 13.3 Å². The maximum atomic E-state index is 5.82. The first-order valence-electron chi connectivity index (χ1n) is 7.02. The van der Waals surface area contributed by atoms with Gasteiger partial charge in [0.15, 0.2) is 0 Å². The second-order valence-corrected chi connectivity index (χ2v) is 5.05. The van der Waals surface area contributed by atoms with E-state index in [9.17, 15) is 0 Å². The molecule has 106 valence electrons. The van der Waals surface area contributed by atoms with Crippen LogP contribution < -0.4 is 10.6 Å². The summed E-state index contributed by atoms with van der Waals surface area (Å²) in [5.41, 5.74) is 9.82. The monoisotopic (exact) mass is 278 g/mol. The van der Waals surface area contributed by atoms with Crippen molar-refractivity contribution in [3.63, 3.8) is 0 Å². The molecule has 1 heterocycles. The Bertz CT molecular complexity index is 765. The molecule has 0 aliphatic rings. The second-order valence-electron chi connectivity index (χ2n) is 5.05. The van der Waals surface area contributed by atoms with Crippen LogP contribution in [0.3, 0.4) is 0 Å². The maximum Gasteiger partial charge on any atom is 0.144 e. The predicted octanol–water partition coefficient (Wildman–Crippen LogP) is 3.54. The van der Waals surface area contributed by atoms with E-state index in [4.69, 9.17) is 5.73 Å². The summed E-state index contributed by atoms with van der Waals surface area (Å²) in [6, 6.07) is 14.2. The second kappa shape index (κ2) is 5.40. The minimum Gasteiger partial charge on any atom is -0.399 e. The van der Waals surface area contributed by atoms with Crippen LogP contribution in [0, 0.1) is 0 Å². The molecule has 0 aliphatic carbocycles. The highest BCUT2D eigenvalue weighted by atomic mass is 15.2. The van der Waals surface area contributed by atoms with Gasteiger partial charge in [0.1, 0.15) is 12.1 Å². The lowest BCUT2D eigenvalue weighted by Crippen LogP contribution is -2.12. The van der Waals surface area contributed by atoms with Crippen molar-refractivity contribution in [3.8, 4) is 0 Å². The van der Waals surface area contributed by atoms with Crippen molar-refractivity contribution in [1.82, 2.24) is 9.97 Å². The van der Waals surface area contributed by atoms with Gasteiger partial charge in [0.05, 0.1) is 5.52 Å². The van der Waals surface area contributed by atoms with Gasteiger partial charge < -0.3 is 10.6 Å². The van der Waals surface area contributed by atoms with Gasteiger partial charge in [0.25, 0.3) is 0 Å². The number of benzene rings is 2. The van der Waals surface area contributed by atoms with Crippen LogP contribution in [0.2, 0.25) is 0 Å². The summed E-state index contributed by atoms with van der Waals surface area (Å²) >= 11 is 0. The van der Waals surface area contributed by atoms with Crippen LogP contribution in [0.5, 0.6) is 0 Å². The average molecular weight is 278 g/mol. The summed E-state index contributed by atoms with van der Waals surface area (Å²) in [6.07, 6.45) is 2.62. The number of aromatic nitrogens is 2. The molecule has 3 aromatic rings. The van der Waals surface area contributed by atoms with Gasteiger partial charge in [0.2, 0.25) is 0 Å². The van der Waals surface area contributed by atoms with E-state index in [1.165, 1.54) is 5.56 Å². The Hall–Kier alpha value is -2.62. The summed E-state index contributed by atoms with van der Waals surface area (Å²) < 4.78 is 0. The van der Waals surface area contributed by atoms with E-state index in [2.05, 4.69) is 46.1 Å². The summed E-state index contributed by atoms with van der Waals surface area (Å²) in [5, 5.41) is 0.994. The first-order valence-corrected chi connectivity index (χ1v) is 7.02. The van der Waals surface area contributed by atoms with E-state index >= 15 is 0 Å². The van der Waals surface area contributed by atoms with Gasteiger partial charge >= 0.3 is 0 Å².